The van der Waals surface area contributed by atoms with Crippen LogP contribution in [0.1, 0.15) is 24.2 Å². The molecule has 116 valence electrons. The van der Waals surface area contributed by atoms with Crippen molar-refractivity contribution in [2.24, 2.45) is 0 Å². The highest BCUT2D eigenvalue weighted by molar-refractivity contribution is 5.54. The lowest BCUT2D eigenvalue weighted by atomic mass is 10.1. The quantitative estimate of drug-likeness (QED) is 0.920. The summed E-state index contributed by atoms with van der Waals surface area (Å²) in [6.07, 6.45) is 1.81. The van der Waals surface area contributed by atoms with Crippen molar-refractivity contribution in [3.8, 4) is 17.2 Å². The summed E-state index contributed by atoms with van der Waals surface area (Å²) in [5, 5.41) is 3.46. The van der Waals surface area contributed by atoms with Crippen LogP contribution in [0.15, 0.2) is 36.5 Å². The Kier molecular flexibility index (Phi) is 4.44. The zero-order valence-electron chi connectivity index (χ0n) is 12.8. The Labute approximate surface area is 130 Å². The molecule has 2 heterocycles. The van der Waals surface area contributed by atoms with Gasteiger partial charge in [-0.25, -0.2) is 0 Å². The molecule has 1 aromatic heterocycles. The maximum Gasteiger partial charge on any atom is 0.203 e. The number of rotatable bonds is 5. The molecular weight excluding hydrogens is 280 g/mol. The van der Waals surface area contributed by atoms with Crippen molar-refractivity contribution in [1.29, 1.82) is 0 Å². The lowest BCUT2D eigenvalue weighted by Gasteiger charge is -2.22. The minimum Gasteiger partial charge on any atom is -0.493 e. The zero-order valence-corrected chi connectivity index (χ0v) is 12.8. The highest BCUT2D eigenvalue weighted by Gasteiger charge is 2.18. The van der Waals surface area contributed by atoms with Gasteiger partial charge in [-0.05, 0) is 36.8 Å². The average Bonchev–Trinajstić information content (AvgIpc) is 2.59. The molecule has 5 nitrogen and oxygen atoms in total. The number of hydrogen-bond donors (Lipinski definition) is 1. The van der Waals surface area contributed by atoms with E-state index in [1.165, 1.54) is 0 Å². The van der Waals surface area contributed by atoms with E-state index in [-0.39, 0.29) is 6.04 Å². The highest BCUT2D eigenvalue weighted by atomic mass is 16.6. The third-order valence-corrected chi connectivity index (χ3v) is 3.63. The molecule has 0 amide bonds. The summed E-state index contributed by atoms with van der Waals surface area (Å²) in [4.78, 5) is 4.36. The number of aromatic nitrogens is 1. The van der Waals surface area contributed by atoms with Crippen LogP contribution in [0, 0.1) is 0 Å². The van der Waals surface area contributed by atoms with Gasteiger partial charge in [0, 0.05) is 18.8 Å². The molecule has 0 spiro atoms. The molecule has 1 aliphatic heterocycles. The molecule has 22 heavy (non-hydrogen) atoms. The van der Waals surface area contributed by atoms with Gasteiger partial charge in [0.2, 0.25) is 5.75 Å². The van der Waals surface area contributed by atoms with Crippen LogP contribution in [0.5, 0.6) is 17.2 Å². The van der Waals surface area contributed by atoms with Gasteiger partial charge in [0.25, 0.3) is 0 Å². The Bertz CT molecular complexity index is 614. The summed E-state index contributed by atoms with van der Waals surface area (Å²) >= 11 is 0. The van der Waals surface area contributed by atoms with Crippen molar-refractivity contribution in [1.82, 2.24) is 10.3 Å². The molecule has 0 unspecified atom stereocenters. The largest absolute Gasteiger partial charge is 0.493 e. The van der Waals surface area contributed by atoms with Crippen LogP contribution < -0.4 is 19.5 Å². The molecule has 0 saturated carbocycles. The minimum atomic E-state index is 0.167. The van der Waals surface area contributed by atoms with Crippen LogP contribution in [-0.4, -0.2) is 25.3 Å². The Balaban J connectivity index is 1.73. The van der Waals surface area contributed by atoms with Gasteiger partial charge in [-0.3, -0.25) is 4.98 Å². The number of ether oxygens (including phenoxy) is 3. The smallest absolute Gasteiger partial charge is 0.203 e. The fraction of sp³-hybridized carbons (Fsp3) is 0.353. The number of nitrogens with zero attached hydrogens (tertiary/aromatic N) is 1. The summed E-state index contributed by atoms with van der Waals surface area (Å²) in [5.41, 5.74) is 2.11. The first-order chi connectivity index (χ1) is 10.8. The minimum absolute atomic E-state index is 0.167. The average molecular weight is 300 g/mol. The van der Waals surface area contributed by atoms with E-state index in [0.717, 1.165) is 17.0 Å². The number of fused-ring (bicyclic) bond motifs is 1. The topological polar surface area (TPSA) is 52.6 Å². The van der Waals surface area contributed by atoms with Crippen LogP contribution in [0.3, 0.4) is 0 Å². The number of pyridine rings is 1. The third-order valence-electron chi connectivity index (χ3n) is 3.63. The number of benzene rings is 1. The molecule has 0 radical (unpaired) electrons. The van der Waals surface area contributed by atoms with Gasteiger partial charge < -0.3 is 19.5 Å². The molecule has 1 atom stereocenters. The molecule has 0 aliphatic carbocycles. The summed E-state index contributed by atoms with van der Waals surface area (Å²) < 4.78 is 16.7. The van der Waals surface area contributed by atoms with Crippen molar-refractivity contribution in [2.45, 2.75) is 19.5 Å². The van der Waals surface area contributed by atoms with Crippen molar-refractivity contribution < 1.29 is 14.2 Å². The van der Waals surface area contributed by atoms with E-state index in [9.17, 15) is 0 Å². The van der Waals surface area contributed by atoms with Gasteiger partial charge in [0.1, 0.15) is 13.2 Å². The maximum absolute atomic E-state index is 5.65. The monoisotopic (exact) mass is 300 g/mol. The fourth-order valence-corrected chi connectivity index (χ4v) is 2.44. The maximum atomic E-state index is 5.65. The first kappa shape index (κ1) is 14.7. The molecule has 1 aliphatic rings. The summed E-state index contributed by atoms with van der Waals surface area (Å²) in [5.74, 6) is 2.14. The number of nitrogens with one attached hydrogen (secondary N) is 1. The van der Waals surface area contributed by atoms with Crippen LogP contribution in [0.25, 0.3) is 0 Å². The lowest BCUT2D eigenvalue weighted by Crippen LogP contribution is -2.20. The third kappa shape index (κ3) is 3.14. The second kappa shape index (κ2) is 6.66. The number of methoxy groups -OCH3 is 1. The Morgan fingerprint density at radius 1 is 1.27 bits per heavy atom. The van der Waals surface area contributed by atoms with Crippen molar-refractivity contribution in [3.63, 3.8) is 0 Å². The van der Waals surface area contributed by atoms with Gasteiger partial charge in [-0.2, -0.15) is 0 Å². The molecule has 0 bridgehead atoms. The van der Waals surface area contributed by atoms with Crippen molar-refractivity contribution in [3.05, 3.63) is 47.8 Å². The molecule has 5 heteroatoms. The normalized spacial score (nSPS) is 14.5. The van der Waals surface area contributed by atoms with Gasteiger partial charge in [0.15, 0.2) is 11.5 Å². The molecule has 1 aromatic carbocycles. The van der Waals surface area contributed by atoms with E-state index < -0.39 is 0 Å². The van der Waals surface area contributed by atoms with Crippen molar-refractivity contribution in [2.75, 3.05) is 20.3 Å². The number of hydrogen-bond acceptors (Lipinski definition) is 5. The summed E-state index contributed by atoms with van der Waals surface area (Å²) in [6, 6.07) is 10.1. The second-order valence-corrected chi connectivity index (χ2v) is 5.18. The molecule has 1 N–H and O–H groups in total. The molecular formula is C17H20N2O3. The van der Waals surface area contributed by atoms with E-state index in [0.29, 0.717) is 31.3 Å². The second-order valence-electron chi connectivity index (χ2n) is 5.18. The van der Waals surface area contributed by atoms with Crippen molar-refractivity contribution >= 4 is 0 Å². The lowest BCUT2D eigenvalue weighted by molar-refractivity contribution is 0.165. The van der Waals surface area contributed by atoms with Crippen LogP contribution in [-0.2, 0) is 6.54 Å². The molecule has 0 fully saturated rings. The fourth-order valence-electron chi connectivity index (χ4n) is 2.44. The van der Waals surface area contributed by atoms with E-state index in [1.54, 1.807) is 13.3 Å². The van der Waals surface area contributed by atoms with Crippen LogP contribution in [0.2, 0.25) is 0 Å². The van der Waals surface area contributed by atoms with E-state index >= 15 is 0 Å². The van der Waals surface area contributed by atoms with Crippen LogP contribution in [0.4, 0.5) is 0 Å². The molecule has 2 aromatic rings. The first-order valence-electron chi connectivity index (χ1n) is 7.38. The van der Waals surface area contributed by atoms with Gasteiger partial charge in [-0.15, -0.1) is 0 Å². The highest BCUT2D eigenvalue weighted by Crippen LogP contribution is 2.40. The Morgan fingerprint density at radius 3 is 2.91 bits per heavy atom. The molecule has 3 rings (SSSR count). The summed E-state index contributed by atoms with van der Waals surface area (Å²) in [7, 11) is 1.64. The standard InChI is InChI=1S/C17H20N2O3/c1-12(14-5-3-4-6-18-14)19-11-13-9-15(20-2)17-16(10-13)21-7-8-22-17/h3-6,9-10,12,19H,7-8,11H2,1-2H3/t12-/m0/s1. The van der Waals surface area contributed by atoms with E-state index in [2.05, 4.69) is 17.2 Å². The Hall–Kier alpha value is -2.27. The summed E-state index contributed by atoms with van der Waals surface area (Å²) in [6.45, 7) is 3.91. The first-order valence-corrected chi connectivity index (χ1v) is 7.38. The predicted octanol–water partition coefficient (Wildman–Crippen LogP) is 2.71. The van der Waals surface area contributed by atoms with Gasteiger partial charge in [0.05, 0.1) is 12.8 Å². The zero-order chi connectivity index (χ0) is 15.4. The predicted molar refractivity (Wildman–Crippen MR) is 83.5 cm³/mol. The van der Waals surface area contributed by atoms with E-state index in [4.69, 9.17) is 14.2 Å². The Morgan fingerprint density at radius 2 is 2.14 bits per heavy atom. The van der Waals surface area contributed by atoms with Gasteiger partial charge >= 0.3 is 0 Å². The molecule has 0 saturated heterocycles. The SMILES string of the molecule is COc1cc(CN[C@@H](C)c2ccccn2)cc2c1OCCO2. The van der Waals surface area contributed by atoms with Gasteiger partial charge in [-0.1, -0.05) is 6.07 Å². The van der Waals surface area contributed by atoms with E-state index in [1.807, 2.05) is 30.3 Å². The van der Waals surface area contributed by atoms with Crippen LogP contribution >= 0.6 is 0 Å².